The molecule has 2 atom stereocenters. The molecule has 8 heteroatoms. The van der Waals surface area contributed by atoms with Crippen LogP contribution in [0.1, 0.15) is 34.6 Å². The zero-order valence-corrected chi connectivity index (χ0v) is 17.1. The van der Waals surface area contributed by atoms with Gasteiger partial charge in [0.15, 0.2) is 0 Å². The van der Waals surface area contributed by atoms with E-state index in [1.807, 2.05) is 30.3 Å². The highest BCUT2D eigenvalue weighted by molar-refractivity contribution is 5.89. The monoisotopic (exact) mass is 395 g/mol. The van der Waals surface area contributed by atoms with Crippen LogP contribution in [-0.4, -0.2) is 61.4 Å². The second-order valence-corrected chi connectivity index (χ2v) is 7.22. The number of alkyl carbamates (subject to hydrolysis) is 1. The lowest BCUT2D eigenvalue weighted by Gasteiger charge is -2.31. The van der Waals surface area contributed by atoms with Gasteiger partial charge in [0.2, 0.25) is 5.91 Å². The summed E-state index contributed by atoms with van der Waals surface area (Å²) in [5, 5.41) is 2.47. The average molecular weight is 395 g/mol. The SMILES string of the molecule is [2H]COC[C@H](NC(=O)OC(C)(C)C)C(=O)N(Cc1ccccc1)[C@@H](C)C(=O)OC. The lowest BCUT2D eigenvalue weighted by atomic mass is 10.1. The van der Waals surface area contributed by atoms with E-state index in [1.165, 1.54) is 12.0 Å². The van der Waals surface area contributed by atoms with E-state index in [9.17, 15) is 14.4 Å². The number of amides is 2. The number of rotatable bonds is 8. The normalized spacial score (nSPS) is 13.7. The minimum Gasteiger partial charge on any atom is -0.467 e. The second-order valence-electron chi connectivity index (χ2n) is 7.22. The largest absolute Gasteiger partial charge is 0.467 e. The summed E-state index contributed by atoms with van der Waals surface area (Å²) in [6.07, 6.45) is -0.796. The molecule has 0 heterocycles. The van der Waals surface area contributed by atoms with Gasteiger partial charge in [-0.05, 0) is 33.3 Å². The van der Waals surface area contributed by atoms with Gasteiger partial charge in [0.25, 0.3) is 0 Å². The molecule has 1 aromatic carbocycles. The molecule has 0 aliphatic carbocycles. The van der Waals surface area contributed by atoms with Crippen LogP contribution in [-0.2, 0) is 30.3 Å². The Morgan fingerprint density at radius 2 is 1.86 bits per heavy atom. The van der Waals surface area contributed by atoms with Crippen molar-refractivity contribution in [2.24, 2.45) is 0 Å². The minimum atomic E-state index is -1.13. The van der Waals surface area contributed by atoms with Gasteiger partial charge in [0, 0.05) is 13.6 Å². The quantitative estimate of drug-likeness (QED) is 0.678. The Morgan fingerprint density at radius 3 is 2.39 bits per heavy atom. The molecule has 0 bridgehead atoms. The number of esters is 1. The van der Waals surface area contributed by atoms with Crippen molar-refractivity contribution >= 4 is 18.0 Å². The van der Waals surface area contributed by atoms with Crippen molar-refractivity contribution in [3.05, 3.63) is 35.9 Å². The molecule has 8 nitrogen and oxygen atoms in total. The smallest absolute Gasteiger partial charge is 0.408 e. The van der Waals surface area contributed by atoms with E-state index in [0.29, 0.717) is 0 Å². The maximum Gasteiger partial charge on any atom is 0.408 e. The topological polar surface area (TPSA) is 94.2 Å². The molecule has 28 heavy (non-hydrogen) atoms. The number of carbonyl (C=O) groups is 3. The van der Waals surface area contributed by atoms with Gasteiger partial charge in [-0.3, -0.25) is 4.79 Å². The van der Waals surface area contributed by atoms with E-state index >= 15 is 0 Å². The summed E-state index contributed by atoms with van der Waals surface area (Å²) in [7, 11) is 0.856. The van der Waals surface area contributed by atoms with Gasteiger partial charge in [-0.25, -0.2) is 9.59 Å². The minimum absolute atomic E-state index is 0.128. The molecule has 0 aliphatic heterocycles. The number of carbonyl (C=O) groups excluding carboxylic acids is 3. The molecule has 0 aliphatic rings. The molecule has 0 saturated carbocycles. The van der Waals surface area contributed by atoms with Crippen molar-refractivity contribution in [2.45, 2.75) is 51.9 Å². The lowest BCUT2D eigenvalue weighted by Crippen LogP contribution is -2.55. The fourth-order valence-electron chi connectivity index (χ4n) is 2.43. The van der Waals surface area contributed by atoms with E-state index in [0.717, 1.165) is 5.56 Å². The molecule has 0 unspecified atom stereocenters. The molecule has 1 rings (SSSR count). The number of nitrogens with zero attached hydrogens (tertiary/aromatic N) is 1. The molecule has 0 spiro atoms. The van der Waals surface area contributed by atoms with Crippen LogP contribution < -0.4 is 5.32 Å². The average Bonchev–Trinajstić information content (AvgIpc) is 2.67. The Morgan fingerprint density at radius 1 is 1.21 bits per heavy atom. The predicted octanol–water partition coefficient (Wildman–Crippen LogP) is 2.12. The molecule has 0 fully saturated rings. The first-order valence-corrected chi connectivity index (χ1v) is 8.87. The Balaban J connectivity index is 3.10. The molecule has 0 radical (unpaired) electrons. The first kappa shape index (κ1) is 21.7. The summed E-state index contributed by atoms with van der Waals surface area (Å²) >= 11 is 0. The number of benzene rings is 1. The molecule has 0 aromatic heterocycles. The van der Waals surface area contributed by atoms with Crippen LogP contribution in [0.3, 0.4) is 0 Å². The van der Waals surface area contributed by atoms with Crippen molar-refractivity contribution in [3.8, 4) is 0 Å². The molecular formula is C20H30N2O6. The molecule has 0 saturated heterocycles. The number of hydrogen-bond donors (Lipinski definition) is 1. The second kappa shape index (κ2) is 10.7. The standard InChI is InChI=1S/C20H30N2O6/c1-14(18(24)27-6)22(12-15-10-8-7-9-11-15)17(23)16(13-26-5)21-19(25)28-20(2,3)4/h7-11,14,16H,12-13H2,1-6H3,(H,21,25)/t14-,16-/m0/s1/i5D. The van der Waals surface area contributed by atoms with Gasteiger partial charge >= 0.3 is 12.1 Å². The summed E-state index contributed by atoms with van der Waals surface area (Å²) < 4.78 is 22.2. The maximum atomic E-state index is 13.2. The molecule has 1 aromatic rings. The lowest BCUT2D eigenvalue weighted by molar-refractivity contribution is -0.153. The third-order valence-electron chi connectivity index (χ3n) is 3.76. The first-order chi connectivity index (χ1) is 13.6. The van der Waals surface area contributed by atoms with Crippen LogP contribution in [0.15, 0.2) is 30.3 Å². The van der Waals surface area contributed by atoms with Gasteiger partial charge in [-0.15, -0.1) is 0 Å². The van der Waals surface area contributed by atoms with Crippen LogP contribution >= 0.6 is 0 Å². The van der Waals surface area contributed by atoms with E-state index in [4.69, 9.17) is 15.6 Å². The first-order valence-electron chi connectivity index (χ1n) is 9.58. The molecular weight excluding hydrogens is 364 g/mol. The highest BCUT2D eigenvalue weighted by atomic mass is 16.6. The Hall–Kier alpha value is -2.61. The van der Waals surface area contributed by atoms with Gasteiger partial charge in [0.05, 0.1) is 15.1 Å². The summed E-state index contributed by atoms with van der Waals surface area (Å²) in [6.45, 7) is 6.53. The van der Waals surface area contributed by atoms with Crippen molar-refractivity contribution in [1.29, 1.82) is 0 Å². The predicted molar refractivity (Wildman–Crippen MR) is 104 cm³/mol. The summed E-state index contributed by atoms with van der Waals surface area (Å²) in [4.78, 5) is 38.8. The molecule has 156 valence electrons. The van der Waals surface area contributed by atoms with E-state index < -0.39 is 35.7 Å². The Labute approximate surface area is 167 Å². The van der Waals surface area contributed by atoms with Crippen LogP contribution in [0.25, 0.3) is 0 Å². The highest BCUT2D eigenvalue weighted by Crippen LogP contribution is 2.13. The zero-order valence-electron chi connectivity index (χ0n) is 18.1. The summed E-state index contributed by atoms with van der Waals surface area (Å²) in [5.74, 6) is -1.14. The van der Waals surface area contributed by atoms with E-state index in [2.05, 4.69) is 5.32 Å². The molecule has 1 N–H and O–H groups in total. The van der Waals surface area contributed by atoms with Crippen molar-refractivity contribution < 1.29 is 30.0 Å². The number of hydrogen-bond acceptors (Lipinski definition) is 6. The third kappa shape index (κ3) is 7.56. The van der Waals surface area contributed by atoms with Crippen LogP contribution in [0, 0.1) is 0 Å². The third-order valence-corrected chi connectivity index (χ3v) is 3.76. The van der Waals surface area contributed by atoms with Crippen LogP contribution in [0.4, 0.5) is 4.79 Å². The van der Waals surface area contributed by atoms with Gasteiger partial charge in [-0.1, -0.05) is 30.3 Å². The maximum absolute atomic E-state index is 13.2. The van der Waals surface area contributed by atoms with E-state index in [-0.39, 0.29) is 20.2 Å². The summed E-state index contributed by atoms with van der Waals surface area (Å²) in [6, 6.07) is 7.09. The van der Waals surface area contributed by atoms with Crippen molar-refractivity contribution in [2.75, 3.05) is 20.8 Å². The fourth-order valence-corrected chi connectivity index (χ4v) is 2.43. The van der Waals surface area contributed by atoms with Gasteiger partial charge in [0.1, 0.15) is 17.7 Å². The Bertz CT molecular complexity index is 677. The number of nitrogens with one attached hydrogen (secondary N) is 1. The summed E-state index contributed by atoms with van der Waals surface area (Å²) in [5.41, 5.74) is 0.0470. The van der Waals surface area contributed by atoms with Crippen LogP contribution in [0.5, 0.6) is 0 Å². The van der Waals surface area contributed by atoms with E-state index in [1.54, 1.807) is 27.7 Å². The van der Waals surface area contributed by atoms with Gasteiger partial charge < -0.3 is 24.4 Å². The fraction of sp³-hybridized carbons (Fsp3) is 0.550. The van der Waals surface area contributed by atoms with Crippen molar-refractivity contribution in [1.82, 2.24) is 10.2 Å². The number of methoxy groups -OCH3 is 2. The van der Waals surface area contributed by atoms with Crippen molar-refractivity contribution in [3.63, 3.8) is 0 Å². The van der Waals surface area contributed by atoms with Crippen LogP contribution in [0.2, 0.25) is 0 Å². The number of ether oxygens (including phenoxy) is 3. The molecule has 2 amide bonds. The Kier molecular flexibility index (Phi) is 8.25. The zero-order chi connectivity index (χ0) is 22.0. The highest BCUT2D eigenvalue weighted by Gasteiger charge is 2.33. The van der Waals surface area contributed by atoms with Gasteiger partial charge in [-0.2, -0.15) is 0 Å².